The number of nitrogens with one attached hydrogen (secondary N) is 2. The Bertz CT molecular complexity index is 319. The number of hydrogen-bond acceptors (Lipinski definition) is 4. The van der Waals surface area contributed by atoms with Gasteiger partial charge in [-0.25, -0.2) is 0 Å². The first-order valence-corrected chi connectivity index (χ1v) is 8.52. The molecule has 0 amide bonds. The van der Waals surface area contributed by atoms with E-state index in [1.54, 1.807) is 7.11 Å². The van der Waals surface area contributed by atoms with E-state index in [1.165, 1.54) is 18.6 Å². The van der Waals surface area contributed by atoms with Crippen LogP contribution in [-0.4, -0.2) is 63.0 Å². The molecule has 0 aliphatic carbocycles. The van der Waals surface area contributed by atoms with Crippen LogP contribution in [0.25, 0.3) is 0 Å². The zero-order chi connectivity index (χ0) is 14.3. The highest BCUT2D eigenvalue weighted by Crippen LogP contribution is 2.25. The Morgan fingerprint density at radius 1 is 1.38 bits per heavy atom. The maximum Gasteiger partial charge on any atom is 0.191 e. The van der Waals surface area contributed by atoms with E-state index < -0.39 is 0 Å². The SMILES string of the molecule is CN=C(NCC1CCCS1)NCC1(OC)CCOCC1.I. The zero-order valence-corrected chi connectivity index (χ0v) is 16.2. The minimum atomic E-state index is -0.113. The van der Waals surface area contributed by atoms with Crippen LogP contribution in [0.5, 0.6) is 0 Å². The van der Waals surface area contributed by atoms with Crippen molar-refractivity contribution in [1.29, 1.82) is 0 Å². The molecule has 2 aliphatic heterocycles. The van der Waals surface area contributed by atoms with Gasteiger partial charge in [-0.2, -0.15) is 11.8 Å². The lowest BCUT2D eigenvalue weighted by Gasteiger charge is -2.36. The maximum absolute atomic E-state index is 5.72. The Kier molecular flexibility index (Phi) is 9.31. The predicted octanol–water partition coefficient (Wildman–Crippen LogP) is 1.86. The average Bonchev–Trinajstić information content (AvgIpc) is 3.02. The van der Waals surface area contributed by atoms with E-state index in [-0.39, 0.29) is 29.6 Å². The Balaban J connectivity index is 0.00000220. The lowest BCUT2D eigenvalue weighted by Crippen LogP contribution is -2.51. The number of halogens is 1. The largest absolute Gasteiger partial charge is 0.381 e. The van der Waals surface area contributed by atoms with E-state index in [9.17, 15) is 0 Å². The number of ether oxygens (including phenoxy) is 2. The van der Waals surface area contributed by atoms with Crippen molar-refractivity contribution in [2.24, 2.45) is 4.99 Å². The summed E-state index contributed by atoms with van der Waals surface area (Å²) >= 11 is 2.06. The van der Waals surface area contributed by atoms with Gasteiger partial charge in [-0.1, -0.05) is 0 Å². The zero-order valence-electron chi connectivity index (χ0n) is 13.0. The number of thioether (sulfide) groups is 1. The Labute approximate surface area is 149 Å². The molecule has 2 fully saturated rings. The van der Waals surface area contributed by atoms with Gasteiger partial charge in [0.25, 0.3) is 0 Å². The van der Waals surface area contributed by atoms with Crippen LogP contribution in [0, 0.1) is 0 Å². The van der Waals surface area contributed by atoms with Crippen molar-refractivity contribution in [3.63, 3.8) is 0 Å². The monoisotopic (exact) mass is 429 g/mol. The average molecular weight is 429 g/mol. The molecule has 21 heavy (non-hydrogen) atoms. The summed E-state index contributed by atoms with van der Waals surface area (Å²) in [6.07, 6.45) is 4.53. The molecule has 0 aromatic rings. The molecule has 1 unspecified atom stereocenters. The van der Waals surface area contributed by atoms with Gasteiger partial charge in [0.2, 0.25) is 0 Å². The smallest absolute Gasteiger partial charge is 0.191 e. The second kappa shape index (κ2) is 10.1. The molecule has 124 valence electrons. The number of methoxy groups -OCH3 is 1. The first-order chi connectivity index (χ1) is 9.78. The fourth-order valence-electron chi connectivity index (χ4n) is 2.68. The lowest BCUT2D eigenvalue weighted by molar-refractivity contribution is -0.0855. The molecule has 1 atom stereocenters. The summed E-state index contributed by atoms with van der Waals surface area (Å²) in [5.41, 5.74) is -0.113. The third-order valence-electron chi connectivity index (χ3n) is 4.16. The Morgan fingerprint density at radius 2 is 2.14 bits per heavy atom. The highest BCUT2D eigenvalue weighted by atomic mass is 127. The van der Waals surface area contributed by atoms with Gasteiger partial charge in [0.15, 0.2) is 5.96 Å². The first kappa shape index (κ1) is 19.3. The molecule has 0 spiro atoms. The number of hydrogen-bond donors (Lipinski definition) is 2. The summed E-state index contributed by atoms with van der Waals surface area (Å²) in [7, 11) is 3.61. The highest BCUT2D eigenvalue weighted by Gasteiger charge is 2.32. The van der Waals surface area contributed by atoms with Gasteiger partial charge in [0, 0.05) is 58.6 Å². The Morgan fingerprint density at radius 3 is 2.71 bits per heavy atom. The second-order valence-electron chi connectivity index (χ2n) is 5.44. The molecule has 0 radical (unpaired) electrons. The van der Waals surface area contributed by atoms with E-state index >= 15 is 0 Å². The van der Waals surface area contributed by atoms with Crippen LogP contribution in [0.2, 0.25) is 0 Å². The number of aliphatic imine (C=N–C) groups is 1. The molecule has 2 aliphatic rings. The van der Waals surface area contributed by atoms with E-state index in [1.807, 2.05) is 7.05 Å². The molecule has 2 saturated heterocycles. The molecule has 2 N–H and O–H groups in total. The molecule has 2 rings (SSSR count). The van der Waals surface area contributed by atoms with Gasteiger partial charge in [0.05, 0.1) is 5.60 Å². The molecule has 7 heteroatoms. The van der Waals surface area contributed by atoms with Gasteiger partial charge < -0.3 is 20.1 Å². The van der Waals surface area contributed by atoms with Crippen molar-refractivity contribution in [2.45, 2.75) is 36.5 Å². The summed E-state index contributed by atoms with van der Waals surface area (Å²) < 4.78 is 11.1. The number of nitrogens with zero attached hydrogens (tertiary/aromatic N) is 1. The van der Waals surface area contributed by atoms with E-state index in [4.69, 9.17) is 9.47 Å². The van der Waals surface area contributed by atoms with Crippen LogP contribution in [0.4, 0.5) is 0 Å². The van der Waals surface area contributed by atoms with Crippen LogP contribution in [0.3, 0.4) is 0 Å². The summed E-state index contributed by atoms with van der Waals surface area (Å²) in [6.45, 7) is 3.33. The summed E-state index contributed by atoms with van der Waals surface area (Å²) in [4.78, 5) is 4.30. The molecule has 5 nitrogen and oxygen atoms in total. The first-order valence-electron chi connectivity index (χ1n) is 7.47. The molecule has 2 heterocycles. The predicted molar refractivity (Wildman–Crippen MR) is 100 cm³/mol. The van der Waals surface area contributed by atoms with E-state index in [2.05, 4.69) is 27.4 Å². The minimum Gasteiger partial charge on any atom is -0.381 e. The minimum absolute atomic E-state index is 0. The molecular weight excluding hydrogens is 401 g/mol. The van der Waals surface area contributed by atoms with Crippen molar-refractivity contribution in [1.82, 2.24) is 10.6 Å². The summed E-state index contributed by atoms with van der Waals surface area (Å²) in [5, 5.41) is 7.56. The van der Waals surface area contributed by atoms with Crippen molar-refractivity contribution < 1.29 is 9.47 Å². The summed E-state index contributed by atoms with van der Waals surface area (Å²) in [6, 6.07) is 0. The number of rotatable bonds is 5. The number of guanidine groups is 1. The standard InChI is InChI=1S/C14H27N3O2S.HI/c1-15-13(16-10-12-4-3-9-20-12)17-11-14(18-2)5-7-19-8-6-14;/h12H,3-11H2,1-2H3,(H2,15,16,17);1H. The van der Waals surface area contributed by atoms with E-state index in [0.29, 0.717) is 0 Å². The van der Waals surface area contributed by atoms with Gasteiger partial charge in [0.1, 0.15) is 0 Å². The van der Waals surface area contributed by atoms with Crippen LogP contribution < -0.4 is 10.6 Å². The normalized spacial score (nSPS) is 25.2. The van der Waals surface area contributed by atoms with Gasteiger partial charge in [-0.15, -0.1) is 24.0 Å². The van der Waals surface area contributed by atoms with Crippen LogP contribution in [-0.2, 0) is 9.47 Å². The van der Waals surface area contributed by atoms with Gasteiger partial charge in [-0.3, -0.25) is 4.99 Å². The summed E-state index contributed by atoms with van der Waals surface area (Å²) in [5.74, 6) is 2.17. The fraction of sp³-hybridized carbons (Fsp3) is 0.929. The van der Waals surface area contributed by atoms with Crippen molar-refractivity contribution in [3.05, 3.63) is 0 Å². The maximum atomic E-state index is 5.72. The Hall–Kier alpha value is 0.270. The van der Waals surface area contributed by atoms with Crippen LogP contribution >= 0.6 is 35.7 Å². The van der Waals surface area contributed by atoms with Gasteiger partial charge in [-0.05, 0) is 18.6 Å². The third-order valence-corrected chi connectivity index (χ3v) is 5.56. The highest BCUT2D eigenvalue weighted by molar-refractivity contribution is 14.0. The van der Waals surface area contributed by atoms with Crippen LogP contribution in [0.15, 0.2) is 4.99 Å². The third kappa shape index (κ3) is 6.11. The molecular formula is C14H28IN3O2S. The molecule has 0 bridgehead atoms. The quantitative estimate of drug-likeness (QED) is 0.397. The van der Waals surface area contributed by atoms with E-state index in [0.717, 1.165) is 50.4 Å². The molecule has 0 aromatic heterocycles. The van der Waals surface area contributed by atoms with Crippen molar-refractivity contribution in [3.8, 4) is 0 Å². The van der Waals surface area contributed by atoms with Gasteiger partial charge >= 0.3 is 0 Å². The van der Waals surface area contributed by atoms with Crippen molar-refractivity contribution >= 4 is 41.7 Å². The fourth-order valence-corrected chi connectivity index (χ4v) is 3.88. The lowest BCUT2D eigenvalue weighted by atomic mass is 9.94. The van der Waals surface area contributed by atoms with Crippen molar-refractivity contribution in [2.75, 3.05) is 46.2 Å². The molecule has 0 saturated carbocycles. The topological polar surface area (TPSA) is 54.9 Å². The second-order valence-corrected chi connectivity index (χ2v) is 6.85. The molecule has 0 aromatic carbocycles. The van der Waals surface area contributed by atoms with Crippen LogP contribution in [0.1, 0.15) is 25.7 Å².